The van der Waals surface area contributed by atoms with Crippen molar-refractivity contribution in [1.29, 1.82) is 0 Å². The van der Waals surface area contributed by atoms with E-state index in [0.717, 1.165) is 42.5 Å². The predicted molar refractivity (Wildman–Crippen MR) is 96.2 cm³/mol. The maximum Gasteiger partial charge on any atom is 0.244 e. The molecule has 0 bridgehead atoms. The standard InChI is InChI=1S/C19H23N5O/c1-13(24-11-5-10-20-24)19(25)21-15-7-4-6-14(12-15)18-22-16-8-2-3-9-17(16)23-18/h2-3,5,8-11,13-15H,4,6-7,12H2,1H3,(H,21,25)(H,22,23). The number of amides is 1. The van der Waals surface area contributed by atoms with Crippen molar-refractivity contribution in [3.05, 3.63) is 48.5 Å². The normalized spacial score (nSPS) is 22.0. The zero-order valence-electron chi connectivity index (χ0n) is 14.4. The molecule has 25 heavy (non-hydrogen) atoms. The van der Waals surface area contributed by atoms with Crippen LogP contribution in [0.25, 0.3) is 11.0 Å². The quantitative estimate of drug-likeness (QED) is 0.768. The van der Waals surface area contributed by atoms with E-state index in [2.05, 4.69) is 21.5 Å². The van der Waals surface area contributed by atoms with Crippen LogP contribution in [0.3, 0.4) is 0 Å². The SMILES string of the molecule is CC(C(=O)NC1CCCC(c2nc3ccccc3[nH]2)C1)n1cccn1. The first-order valence-corrected chi connectivity index (χ1v) is 8.95. The van der Waals surface area contributed by atoms with E-state index in [4.69, 9.17) is 4.98 Å². The lowest BCUT2D eigenvalue weighted by atomic mass is 9.85. The predicted octanol–water partition coefficient (Wildman–Crippen LogP) is 3.16. The number of rotatable bonds is 4. The number of nitrogens with zero attached hydrogens (tertiary/aromatic N) is 3. The zero-order valence-corrected chi connectivity index (χ0v) is 14.4. The zero-order chi connectivity index (χ0) is 17.2. The Morgan fingerprint density at radius 2 is 2.20 bits per heavy atom. The third-order valence-electron chi connectivity index (χ3n) is 5.12. The molecule has 1 aliphatic rings. The fraction of sp³-hybridized carbons (Fsp3) is 0.421. The maximum atomic E-state index is 12.5. The Balaban J connectivity index is 1.43. The molecule has 6 heteroatoms. The molecule has 2 heterocycles. The summed E-state index contributed by atoms with van der Waals surface area (Å²) in [6, 6.07) is 9.85. The van der Waals surface area contributed by atoms with Crippen LogP contribution in [0.15, 0.2) is 42.7 Å². The molecule has 2 N–H and O–H groups in total. The van der Waals surface area contributed by atoms with Gasteiger partial charge in [-0.05, 0) is 44.4 Å². The van der Waals surface area contributed by atoms with Gasteiger partial charge in [-0.2, -0.15) is 5.10 Å². The minimum absolute atomic E-state index is 0.0268. The summed E-state index contributed by atoms with van der Waals surface area (Å²) in [5, 5.41) is 7.36. The number of nitrogens with one attached hydrogen (secondary N) is 2. The fourth-order valence-corrected chi connectivity index (χ4v) is 3.69. The average molecular weight is 337 g/mol. The highest BCUT2D eigenvalue weighted by molar-refractivity contribution is 5.80. The molecule has 1 aliphatic carbocycles. The molecule has 0 aliphatic heterocycles. The smallest absolute Gasteiger partial charge is 0.244 e. The van der Waals surface area contributed by atoms with Gasteiger partial charge in [-0.3, -0.25) is 9.48 Å². The lowest BCUT2D eigenvalue weighted by Gasteiger charge is -2.29. The second-order valence-electron chi connectivity index (χ2n) is 6.87. The average Bonchev–Trinajstić information content (AvgIpc) is 3.30. The van der Waals surface area contributed by atoms with E-state index in [1.54, 1.807) is 10.9 Å². The van der Waals surface area contributed by atoms with Crippen molar-refractivity contribution >= 4 is 16.9 Å². The van der Waals surface area contributed by atoms with Crippen LogP contribution < -0.4 is 5.32 Å². The number of hydrogen-bond acceptors (Lipinski definition) is 3. The van der Waals surface area contributed by atoms with Gasteiger partial charge in [0.25, 0.3) is 0 Å². The van der Waals surface area contributed by atoms with Gasteiger partial charge < -0.3 is 10.3 Å². The topological polar surface area (TPSA) is 75.6 Å². The van der Waals surface area contributed by atoms with E-state index < -0.39 is 0 Å². The number of aromatic amines is 1. The number of carbonyl (C=O) groups excluding carboxylic acids is 1. The molecule has 6 nitrogen and oxygen atoms in total. The minimum Gasteiger partial charge on any atom is -0.351 e. The van der Waals surface area contributed by atoms with Crippen molar-refractivity contribution in [3.8, 4) is 0 Å². The number of H-pyrrole nitrogens is 1. The summed E-state index contributed by atoms with van der Waals surface area (Å²) in [6.07, 6.45) is 7.68. The van der Waals surface area contributed by atoms with Gasteiger partial charge in [0.15, 0.2) is 0 Å². The molecule has 1 aromatic carbocycles. The monoisotopic (exact) mass is 337 g/mol. The van der Waals surface area contributed by atoms with E-state index in [0.29, 0.717) is 5.92 Å². The molecule has 0 saturated heterocycles. The minimum atomic E-state index is -0.290. The Bertz CT molecular complexity index is 821. The summed E-state index contributed by atoms with van der Waals surface area (Å²) in [4.78, 5) is 20.7. The van der Waals surface area contributed by atoms with Gasteiger partial charge in [0.2, 0.25) is 5.91 Å². The van der Waals surface area contributed by atoms with Crippen molar-refractivity contribution < 1.29 is 4.79 Å². The van der Waals surface area contributed by atoms with Crippen molar-refractivity contribution in [2.45, 2.75) is 50.6 Å². The van der Waals surface area contributed by atoms with E-state index in [1.807, 2.05) is 37.4 Å². The molecule has 2 aromatic heterocycles. The highest BCUT2D eigenvalue weighted by atomic mass is 16.2. The lowest BCUT2D eigenvalue weighted by Crippen LogP contribution is -2.41. The van der Waals surface area contributed by atoms with Crippen molar-refractivity contribution in [3.63, 3.8) is 0 Å². The van der Waals surface area contributed by atoms with Gasteiger partial charge in [-0.25, -0.2) is 4.98 Å². The molecule has 130 valence electrons. The summed E-state index contributed by atoms with van der Waals surface area (Å²) in [5.74, 6) is 1.44. The third-order valence-corrected chi connectivity index (χ3v) is 5.12. The van der Waals surface area contributed by atoms with Crippen molar-refractivity contribution in [1.82, 2.24) is 25.1 Å². The number of para-hydroxylation sites is 2. The molecular formula is C19H23N5O. The van der Waals surface area contributed by atoms with Gasteiger partial charge in [0.1, 0.15) is 11.9 Å². The second-order valence-corrected chi connectivity index (χ2v) is 6.87. The summed E-state index contributed by atoms with van der Waals surface area (Å²) in [6.45, 7) is 1.88. The van der Waals surface area contributed by atoms with Crippen LogP contribution in [-0.4, -0.2) is 31.7 Å². The Morgan fingerprint density at radius 1 is 1.32 bits per heavy atom. The Hall–Kier alpha value is -2.63. The molecule has 1 saturated carbocycles. The number of aromatic nitrogens is 4. The lowest BCUT2D eigenvalue weighted by molar-refractivity contribution is -0.125. The maximum absolute atomic E-state index is 12.5. The molecule has 0 radical (unpaired) electrons. The second kappa shape index (κ2) is 6.70. The van der Waals surface area contributed by atoms with E-state index >= 15 is 0 Å². The van der Waals surface area contributed by atoms with Crippen LogP contribution in [0.4, 0.5) is 0 Å². The van der Waals surface area contributed by atoms with Crippen LogP contribution >= 0.6 is 0 Å². The van der Waals surface area contributed by atoms with E-state index in [1.165, 1.54) is 0 Å². The van der Waals surface area contributed by atoms with Gasteiger partial charge in [-0.15, -0.1) is 0 Å². The first-order valence-electron chi connectivity index (χ1n) is 8.95. The van der Waals surface area contributed by atoms with Gasteiger partial charge >= 0.3 is 0 Å². The summed E-state index contributed by atoms with van der Waals surface area (Å²) >= 11 is 0. The van der Waals surface area contributed by atoms with Crippen LogP contribution in [0.5, 0.6) is 0 Å². The number of fused-ring (bicyclic) bond motifs is 1. The first kappa shape index (κ1) is 15.9. The molecular weight excluding hydrogens is 314 g/mol. The van der Waals surface area contributed by atoms with Crippen LogP contribution in [0.2, 0.25) is 0 Å². The van der Waals surface area contributed by atoms with Crippen molar-refractivity contribution in [2.24, 2.45) is 0 Å². The van der Waals surface area contributed by atoms with Crippen LogP contribution in [-0.2, 0) is 4.79 Å². The van der Waals surface area contributed by atoms with E-state index in [-0.39, 0.29) is 18.0 Å². The molecule has 0 spiro atoms. The Morgan fingerprint density at radius 3 is 3.00 bits per heavy atom. The highest BCUT2D eigenvalue weighted by Crippen LogP contribution is 2.32. The fourth-order valence-electron chi connectivity index (χ4n) is 3.69. The third kappa shape index (κ3) is 3.29. The number of hydrogen-bond donors (Lipinski definition) is 2. The number of carbonyl (C=O) groups is 1. The van der Waals surface area contributed by atoms with Crippen molar-refractivity contribution in [2.75, 3.05) is 0 Å². The summed E-state index contributed by atoms with van der Waals surface area (Å²) in [5.41, 5.74) is 2.09. The molecule has 3 aromatic rings. The molecule has 4 rings (SSSR count). The van der Waals surface area contributed by atoms with E-state index in [9.17, 15) is 4.79 Å². The molecule has 1 amide bonds. The number of imidazole rings is 1. The molecule has 3 atom stereocenters. The van der Waals surface area contributed by atoms with Crippen LogP contribution in [0, 0.1) is 0 Å². The largest absolute Gasteiger partial charge is 0.351 e. The summed E-state index contributed by atoms with van der Waals surface area (Å²) in [7, 11) is 0. The Kier molecular flexibility index (Phi) is 4.26. The van der Waals surface area contributed by atoms with Gasteiger partial charge in [-0.1, -0.05) is 18.6 Å². The summed E-state index contributed by atoms with van der Waals surface area (Å²) < 4.78 is 1.69. The highest BCUT2D eigenvalue weighted by Gasteiger charge is 2.28. The molecule has 3 unspecified atom stereocenters. The van der Waals surface area contributed by atoms with Gasteiger partial charge in [0.05, 0.1) is 11.0 Å². The van der Waals surface area contributed by atoms with Gasteiger partial charge in [0, 0.05) is 24.4 Å². The number of benzene rings is 1. The first-order chi connectivity index (χ1) is 12.2. The molecule has 1 fully saturated rings. The van der Waals surface area contributed by atoms with Crippen LogP contribution in [0.1, 0.15) is 50.4 Å². The Labute approximate surface area is 146 Å².